The minimum atomic E-state index is -0.411. The summed E-state index contributed by atoms with van der Waals surface area (Å²) in [4.78, 5) is 14.7. The Morgan fingerprint density at radius 3 is 2.12 bits per heavy atom. The molecule has 2 aromatic heterocycles. The van der Waals surface area contributed by atoms with Gasteiger partial charge in [-0.1, -0.05) is 60.2 Å². The number of furan rings is 1. The maximum Gasteiger partial charge on any atom is 0.155 e. The molecule has 4 aromatic rings. The summed E-state index contributed by atoms with van der Waals surface area (Å²) in [7, 11) is 0. The van der Waals surface area contributed by atoms with Gasteiger partial charge in [-0.25, -0.2) is 0 Å². The first kappa shape index (κ1) is 22.0. The Balaban J connectivity index is 0.000000271. The van der Waals surface area contributed by atoms with E-state index in [4.69, 9.17) is 9.52 Å². The molecule has 0 atom stereocenters. The van der Waals surface area contributed by atoms with E-state index < -0.39 is 5.41 Å². The van der Waals surface area contributed by atoms with Gasteiger partial charge in [0.1, 0.15) is 0 Å². The summed E-state index contributed by atoms with van der Waals surface area (Å²) in [5.41, 5.74) is 7.81. The van der Waals surface area contributed by atoms with Gasteiger partial charge in [0, 0.05) is 50.8 Å². The van der Waals surface area contributed by atoms with Crippen molar-refractivity contribution < 1.29 is 35.4 Å². The molecule has 0 fully saturated rings. The van der Waals surface area contributed by atoms with Crippen LogP contribution in [0.4, 0.5) is 0 Å². The number of fused-ring (bicyclic) bond motifs is 10. The Morgan fingerprint density at radius 2 is 1.56 bits per heavy atom. The van der Waals surface area contributed by atoms with Gasteiger partial charge in [-0.05, 0) is 47.9 Å². The Morgan fingerprint density at radius 1 is 0.969 bits per heavy atom. The van der Waals surface area contributed by atoms with E-state index in [1.807, 2.05) is 12.3 Å². The number of benzene rings is 2. The average Bonchev–Trinajstić information content (AvgIpc) is 3.42. The molecule has 0 radical (unpaired) electrons. The van der Waals surface area contributed by atoms with Crippen LogP contribution in [-0.4, -0.2) is 15.9 Å². The SMILES string of the molecule is CC(=O)/C=C(/C)O.[Pt].[c-]1coc2c1-c1ncccc1C21c2ccccc2-c2ccccc21. The number of aliphatic hydroxyl groups excluding tert-OH is 1. The summed E-state index contributed by atoms with van der Waals surface area (Å²) in [5.74, 6) is 0.876. The van der Waals surface area contributed by atoms with E-state index in [-0.39, 0.29) is 32.6 Å². The number of nitrogens with zero attached hydrogens (tertiary/aromatic N) is 1. The fraction of sp³-hybridized carbons (Fsp3) is 0.111. The molecule has 1 N–H and O–H groups in total. The first-order valence-electron chi connectivity index (χ1n) is 10.1. The van der Waals surface area contributed by atoms with E-state index in [2.05, 4.69) is 65.6 Å². The summed E-state index contributed by atoms with van der Waals surface area (Å²) in [6.07, 6.45) is 4.67. The second-order valence-corrected chi connectivity index (χ2v) is 7.72. The number of rotatable bonds is 1. The molecular weight excluding hydrogens is 581 g/mol. The number of carbonyl (C=O) groups excluding carboxylic acids is 1. The third-order valence-electron chi connectivity index (χ3n) is 5.76. The van der Waals surface area contributed by atoms with Gasteiger partial charge in [0.05, 0.1) is 5.76 Å². The van der Waals surface area contributed by atoms with Crippen LogP contribution in [0.2, 0.25) is 0 Å². The second kappa shape index (κ2) is 8.37. The molecule has 4 nitrogen and oxygen atoms in total. The monoisotopic (exact) mass is 601 g/mol. The van der Waals surface area contributed by atoms with Gasteiger partial charge in [0.2, 0.25) is 0 Å². The van der Waals surface area contributed by atoms with Crippen LogP contribution < -0.4 is 0 Å². The summed E-state index contributed by atoms with van der Waals surface area (Å²) >= 11 is 0. The molecule has 2 aliphatic carbocycles. The first-order valence-corrected chi connectivity index (χ1v) is 10.1. The minimum absolute atomic E-state index is 0. The average molecular weight is 602 g/mol. The molecule has 162 valence electrons. The number of aliphatic hydroxyl groups is 1. The topological polar surface area (TPSA) is 63.3 Å². The van der Waals surface area contributed by atoms with E-state index >= 15 is 0 Å². The zero-order valence-corrected chi connectivity index (χ0v) is 19.8. The summed E-state index contributed by atoms with van der Waals surface area (Å²) in [5, 5.41) is 8.36. The molecule has 0 bridgehead atoms. The third kappa shape index (κ3) is 3.10. The van der Waals surface area contributed by atoms with Crippen molar-refractivity contribution in [3.8, 4) is 22.4 Å². The van der Waals surface area contributed by atoms with Crippen molar-refractivity contribution in [2.24, 2.45) is 0 Å². The zero-order valence-electron chi connectivity index (χ0n) is 17.5. The molecule has 5 heteroatoms. The van der Waals surface area contributed by atoms with Crippen LogP contribution in [0.15, 0.2) is 89.4 Å². The first-order chi connectivity index (χ1) is 15.0. The standard InChI is InChI=1S/C22H12NO.C5H8O2.Pt/c1-3-8-17-14(6-1)15-7-2-4-9-18(15)22(17)19-10-5-12-23-20(19)16-11-13-24-21(16)22;1-4(6)3-5(2)7;/h1-10,12-13H;3,6H,1-2H3;/q-1;;/b;4-3-;. The van der Waals surface area contributed by atoms with Gasteiger partial charge >= 0.3 is 0 Å². The van der Waals surface area contributed by atoms with Crippen molar-refractivity contribution in [3.63, 3.8) is 0 Å². The van der Waals surface area contributed by atoms with Crippen molar-refractivity contribution in [1.82, 2.24) is 4.98 Å². The molecule has 0 saturated carbocycles. The number of ketones is 1. The van der Waals surface area contributed by atoms with Crippen molar-refractivity contribution in [2.75, 3.05) is 0 Å². The van der Waals surface area contributed by atoms with Crippen molar-refractivity contribution >= 4 is 5.78 Å². The van der Waals surface area contributed by atoms with Gasteiger partial charge < -0.3 is 14.5 Å². The Kier molecular flexibility index (Phi) is 5.75. The molecule has 0 aliphatic heterocycles. The van der Waals surface area contributed by atoms with Crippen LogP contribution in [0.1, 0.15) is 36.3 Å². The van der Waals surface area contributed by atoms with E-state index in [0.717, 1.165) is 17.0 Å². The van der Waals surface area contributed by atoms with Crippen LogP contribution >= 0.6 is 0 Å². The molecule has 2 aliphatic rings. The number of hydrogen-bond acceptors (Lipinski definition) is 4. The van der Waals surface area contributed by atoms with E-state index in [0.29, 0.717) is 0 Å². The molecular formula is C27H20NO3Pt-. The maximum absolute atomic E-state index is 10.0. The van der Waals surface area contributed by atoms with Crippen LogP contribution in [0.5, 0.6) is 0 Å². The van der Waals surface area contributed by atoms with E-state index in [1.54, 1.807) is 6.26 Å². The summed E-state index contributed by atoms with van der Waals surface area (Å²) < 4.78 is 6.01. The van der Waals surface area contributed by atoms with Crippen LogP contribution in [0.25, 0.3) is 22.4 Å². The fourth-order valence-electron chi connectivity index (χ4n) is 4.82. The Bertz CT molecular complexity index is 1300. The Hall–Kier alpha value is -3.23. The summed E-state index contributed by atoms with van der Waals surface area (Å²) in [6, 6.07) is 24.7. The van der Waals surface area contributed by atoms with Gasteiger partial charge in [-0.3, -0.25) is 4.79 Å². The zero-order chi connectivity index (χ0) is 21.6. The smallest absolute Gasteiger partial charge is 0.155 e. The molecule has 2 heterocycles. The molecule has 0 unspecified atom stereocenters. The number of carbonyl (C=O) groups is 1. The van der Waals surface area contributed by atoms with Crippen LogP contribution in [-0.2, 0) is 31.3 Å². The van der Waals surface area contributed by atoms with Gasteiger partial charge in [0.25, 0.3) is 0 Å². The van der Waals surface area contributed by atoms with Crippen LogP contribution in [0.3, 0.4) is 0 Å². The van der Waals surface area contributed by atoms with Gasteiger partial charge in [0.15, 0.2) is 5.78 Å². The number of aromatic nitrogens is 1. The third-order valence-corrected chi connectivity index (χ3v) is 5.76. The molecule has 2 aromatic carbocycles. The molecule has 32 heavy (non-hydrogen) atoms. The van der Waals surface area contributed by atoms with Crippen molar-refractivity contribution in [3.05, 3.63) is 113 Å². The normalized spacial score (nSPS) is 13.8. The van der Waals surface area contributed by atoms with E-state index in [1.165, 1.54) is 47.7 Å². The van der Waals surface area contributed by atoms with Crippen molar-refractivity contribution in [2.45, 2.75) is 19.3 Å². The Labute approximate surface area is 200 Å². The number of hydrogen-bond donors (Lipinski definition) is 1. The number of pyridine rings is 1. The molecule has 6 rings (SSSR count). The minimum Gasteiger partial charge on any atom is -0.538 e. The van der Waals surface area contributed by atoms with Gasteiger partial charge in [-0.2, -0.15) is 0 Å². The molecule has 1 spiro atoms. The van der Waals surface area contributed by atoms with Crippen LogP contribution in [0, 0.1) is 6.07 Å². The van der Waals surface area contributed by atoms with Crippen molar-refractivity contribution in [1.29, 1.82) is 0 Å². The van der Waals surface area contributed by atoms with Gasteiger partial charge in [-0.15, -0.1) is 11.6 Å². The second-order valence-electron chi connectivity index (χ2n) is 7.72. The predicted octanol–water partition coefficient (Wildman–Crippen LogP) is 5.85. The largest absolute Gasteiger partial charge is 0.538 e. The molecule has 0 amide bonds. The molecule has 0 saturated heterocycles. The fourth-order valence-corrected chi connectivity index (χ4v) is 4.82. The maximum atomic E-state index is 10.0. The predicted molar refractivity (Wildman–Crippen MR) is 119 cm³/mol. The number of allylic oxidation sites excluding steroid dienone is 2. The quantitative estimate of drug-likeness (QED) is 0.146. The summed E-state index contributed by atoms with van der Waals surface area (Å²) in [6.45, 7) is 2.85. The van der Waals surface area contributed by atoms with E-state index in [9.17, 15) is 4.79 Å².